The van der Waals surface area contributed by atoms with Gasteiger partial charge in [0, 0.05) is 37.7 Å². The summed E-state index contributed by atoms with van der Waals surface area (Å²) in [6, 6.07) is 13.7. The molecule has 0 fully saturated rings. The molecule has 2 aromatic heterocycles. The first-order chi connectivity index (χ1) is 10.7. The number of hydrogen-bond donors (Lipinski definition) is 0. The predicted molar refractivity (Wildman–Crippen MR) is 83.6 cm³/mol. The lowest BCUT2D eigenvalue weighted by molar-refractivity contribution is 0.806. The third kappa shape index (κ3) is 2.40. The van der Waals surface area contributed by atoms with Crippen LogP contribution in [0.3, 0.4) is 0 Å². The van der Waals surface area contributed by atoms with E-state index in [0.717, 1.165) is 16.9 Å². The lowest BCUT2D eigenvalue weighted by atomic mass is 10.1. The van der Waals surface area contributed by atoms with E-state index < -0.39 is 0 Å². The first-order valence-electron chi connectivity index (χ1n) is 6.74. The van der Waals surface area contributed by atoms with Gasteiger partial charge in [0.25, 0.3) is 0 Å². The van der Waals surface area contributed by atoms with Crippen molar-refractivity contribution in [1.29, 1.82) is 5.26 Å². The quantitative estimate of drug-likeness (QED) is 0.740. The molecule has 0 saturated carbocycles. The van der Waals surface area contributed by atoms with Gasteiger partial charge in [-0.3, -0.25) is 4.98 Å². The summed E-state index contributed by atoms with van der Waals surface area (Å²) < 4.78 is 1.67. The monoisotopic (exact) mass is 290 g/mol. The fraction of sp³-hybridized carbons (Fsp3) is 0.125. The molecule has 0 aliphatic carbocycles. The van der Waals surface area contributed by atoms with Crippen LogP contribution < -0.4 is 4.90 Å². The zero-order chi connectivity index (χ0) is 15.5. The first kappa shape index (κ1) is 13.8. The second-order valence-electron chi connectivity index (χ2n) is 4.96. The third-order valence-electron chi connectivity index (χ3n) is 3.34. The predicted octanol–water partition coefficient (Wildman–Crippen LogP) is 2.27. The van der Waals surface area contributed by atoms with Crippen LogP contribution in [0.1, 0.15) is 5.69 Å². The molecule has 0 unspecified atom stereocenters. The van der Waals surface area contributed by atoms with Crippen LogP contribution in [0.15, 0.2) is 48.8 Å². The zero-order valence-corrected chi connectivity index (χ0v) is 12.3. The van der Waals surface area contributed by atoms with Crippen molar-refractivity contribution in [2.75, 3.05) is 19.0 Å². The smallest absolute Gasteiger partial charge is 0.191 e. The van der Waals surface area contributed by atoms with E-state index in [9.17, 15) is 5.26 Å². The molecule has 0 atom stereocenters. The van der Waals surface area contributed by atoms with Gasteiger partial charge in [-0.05, 0) is 36.4 Å². The number of rotatable bonds is 3. The Balaban J connectivity index is 2.12. The third-order valence-corrected chi connectivity index (χ3v) is 3.34. The summed E-state index contributed by atoms with van der Waals surface area (Å²) in [6.07, 6.45) is 3.37. The Morgan fingerprint density at radius 1 is 1.05 bits per heavy atom. The Morgan fingerprint density at radius 3 is 2.32 bits per heavy atom. The number of nitrogens with zero attached hydrogens (tertiary/aromatic N) is 6. The molecule has 0 N–H and O–H groups in total. The first-order valence-corrected chi connectivity index (χ1v) is 6.74. The maximum atomic E-state index is 9.27. The highest BCUT2D eigenvalue weighted by Crippen LogP contribution is 2.25. The lowest BCUT2D eigenvalue weighted by Gasteiger charge is -2.13. The number of anilines is 1. The molecule has 0 aliphatic heterocycles. The van der Waals surface area contributed by atoms with Gasteiger partial charge < -0.3 is 4.90 Å². The SMILES string of the molecule is CN(C)c1ccc(-n2nnc(C#N)c2-c2ccncc2)cc1. The number of nitriles is 1. The van der Waals surface area contributed by atoms with Gasteiger partial charge in [0.1, 0.15) is 11.8 Å². The van der Waals surface area contributed by atoms with Gasteiger partial charge in [0.05, 0.1) is 5.69 Å². The summed E-state index contributed by atoms with van der Waals surface area (Å²) in [5, 5.41) is 17.4. The van der Waals surface area contributed by atoms with Gasteiger partial charge in [0.15, 0.2) is 5.69 Å². The molecule has 6 nitrogen and oxygen atoms in total. The summed E-state index contributed by atoms with van der Waals surface area (Å²) in [5.74, 6) is 0. The molecule has 0 bridgehead atoms. The minimum atomic E-state index is 0.294. The molecule has 2 heterocycles. The molecule has 22 heavy (non-hydrogen) atoms. The molecule has 0 amide bonds. The lowest BCUT2D eigenvalue weighted by Crippen LogP contribution is -2.08. The van der Waals surface area contributed by atoms with E-state index in [-0.39, 0.29) is 0 Å². The molecule has 6 heteroatoms. The van der Waals surface area contributed by atoms with Crippen LogP contribution in [0, 0.1) is 11.3 Å². The van der Waals surface area contributed by atoms with E-state index in [1.54, 1.807) is 17.1 Å². The Morgan fingerprint density at radius 2 is 1.73 bits per heavy atom. The van der Waals surface area contributed by atoms with Gasteiger partial charge in [-0.1, -0.05) is 5.21 Å². The van der Waals surface area contributed by atoms with Crippen LogP contribution in [-0.2, 0) is 0 Å². The molecule has 0 saturated heterocycles. The molecule has 3 aromatic rings. The van der Waals surface area contributed by atoms with Crippen molar-refractivity contribution in [3.05, 3.63) is 54.5 Å². The van der Waals surface area contributed by atoms with Crippen molar-refractivity contribution in [2.24, 2.45) is 0 Å². The van der Waals surface area contributed by atoms with Crippen molar-refractivity contribution in [3.63, 3.8) is 0 Å². The van der Waals surface area contributed by atoms with E-state index >= 15 is 0 Å². The fourth-order valence-corrected chi connectivity index (χ4v) is 2.20. The van der Waals surface area contributed by atoms with Crippen molar-refractivity contribution in [2.45, 2.75) is 0 Å². The summed E-state index contributed by atoms with van der Waals surface area (Å²) in [4.78, 5) is 6.03. The van der Waals surface area contributed by atoms with Crippen LogP contribution in [0.5, 0.6) is 0 Å². The van der Waals surface area contributed by atoms with Crippen LogP contribution in [0.2, 0.25) is 0 Å². The van der Waals surface area contributed by atoms with E-state index in [2.05, 4.69) is 21.4 Å². The van der Waals surface area contributed by atoms with Crippen LogP contribution in [0.4, 0.5) is 5.69 Å². The van der Waals surface area contributed by atoms with Gasteiger partial charge in [-0.25, -0.2) is 4.68 Å². The molecule has 0 radical (unpaired) electrons. The molecule has 108 valence electrons. The zero-order valence-electron chi connectivity index (χ0n) is 12.3. The number of benzene rings is 1. The summed E-state index contributed by atoms with van der Waals surface area (Å²) in [7, 11) is 3.97. The number of pyridine rings is 1. The van der Waals surface area contributed by atoms with Gasteiger partial charge in [-0.15, -0.1) is 5.10 Å². The Labute approximate surface area is 128 Å². The standard InChI is InChI=1S/C16H14N6/c1-21(2)13-3-5-14(6-4-13)22-16(15(11-17)19-20-22)12-7-9-18-10-8-12/h3-10H,1-2H3. The van der Waals surface area contributed by atoms with E-state index in [1.807, 2.05) is 55.4 Å². The van der Waals surface area contributed by atoms with Crippen LogP contribution in [0.25, 0.3) is 16.9 Å². The average molecular weight is 290 g/mol. The normalized spacial score (nSPS) is 10.2. The van der Waals surface area contributed by atoms with Crippen molar-refractivity contribution < 1.29 is 0 Å². The molecule has 1 aromatic carbocycles. The highest BCUT2D eigenvalue weighted by molar-refractivity contribution is 5.66. The summed E-state index contributed by atoms with van der Waals surface area (Å²) >= 11 is 0. The van der Waals surface area contributed by atoms with Gasteiger partial charge in [0.2, 0.25) is 0 Å². The van der Waals surface area contributed by atoms with Gasteiger partial charge >= 0.3 is 0 Å². The molecular weight excluding hydrogens is 276 g/mol. The topological polar surface area (TPSA) is 70.6 Å². The Hall–Kier alpha value is -3.20. The Kier molecular flexibility index (Phi) is 3.54. The maximum Gasteiger partial charge on any atom is 0.191 e. The summed E-state index contributed by atoms with van der Waals surface area (Å²) in [5.41, 5.74) is 3.76. The van der Waals surface area contributed by atoms with E-state index in [4.69, 9.17) is 0 Å². The summed E-state index contributed by atoms with van der Waals surface area (Å²) in [6.45, 7) is 0. The van der Waals surface area contributed by atoms with Gasteiger partial charge in [-0.2, -0.15) is 5.26 Å². The average Bonchev–Trinajstić information content (AvgIpc) is 2.99. The number of hydrogen-bond acceptors (Lipinski definition) is 5. The molecule has 3 rings (SSSR count). The van der Waals surface area contributed by atoms with Crippen LogP contribution >= 0.6 is 0 Å². The molecule has 0 spiro atoms. The minimum Gasteiger partial charge on any atom is -0.378 e. The highest BCUT2D eigenvalue weighted by atomic mass is 15.4. The molecular formula is C16H14N6. The molecule has 0 aliphatic rings. The maximum absolute atomic E-state index is 9.27. The highest BCUT2D eigenvalue weighted by Gasteiger charge is 2.16. The largest absolute Gasteiger partial charge is 0.378 e. The fourth-order valence-electron chi connectivity index (χ4n) is 2.20. The number of aromatic nitrogens is 4. The second-order valence-corrected chi connectivity index (χ2v) is 4.96. The van der Waals surface area contributed by atoms with E-state index in [1.165, 1.54) is 0 Å². The minimum absolute atomic E-state index is 0.294. The second kappa shape index (κ2) is 5.66. The van der Waals surface area contributed by atoms with Crippen molar-refractivity contribution in [3.8, 4) is 23.0 Å². The van der Waals surface area contributed by atoms with Crippen molar-refractivity contribution in [1.82, 2.24) is 20.0 Å². The van der Waals surface area contributed by atoms with Crippen LogP contribution in [-0.4, -0.2) is 34.1 Å². The van der Waals surface area contributed by atoms with Crippen molar-refractivity contribution >= 4 is 5.69 Å². The van der Waals surface area contributed by atoms with E-state index in [0.29, 0.717) is 11.4 Å². The Bertz CT molecular complexity index is 812.